The Morgan fingerprint density at radius 1 is 0.870 bits per heavy atom. The molecular formula is C39H53Br2N5O7S. The van der Waals surface area contributed by atoms with Gasteiger partial charge in [-0.05, 0) is 137 Å². The van der Waals surface area contributed by atoms with Gasteiger partial charge in [0, 0.05) is 63.5 Å². The van der Waals surface area contributed by atoms with E-state index >= 15 is 0 Å². The van der Waals surface area contributed by atoms with Crippen molar-refractivity contribution in [2.75, 3.05) is 58.2 Å². The lowest BCUT2D eigenvalue weighted by atomic mass is 9.79. The fourth-order valence-electron chi connectivity index (χ4n) is 8.49. The van der Waals surface area contributed by atoms with Gasteiger partial charge in [0.2, 0.25) is 15.9 Å². The van der Waals surface area contributed by atoms with Crippen LogP contribution in [0, 0.1) is 17.8 Å². The molecule has 2 aromatic rings. The number of nitrogens with one attached hydrogen (secondary N) is 1. The molecule has 296 valence electrons. The SMILES string of the molecule is COC(=O)N1CCC(N2CCc3ccccc3NC2=O)CC1.C[C@H](Cc1cc(Br)c(O)c(Br)c1)C(=O)N1CCC(C2CCN(S(=O)(=O)C3CC3)CC2)CC1. The van der Waals surface area contributed by atoms with Crippen LogP contribution >= 0.6 is 31.9 Å². The molecule has 3 saturated heterocycles. The molecule has 4 amide bonds. The van der Waals surface area contributed by atoms with E-state index < -0.39 is 10.0 Å². The molecule has 1 saturated carbocycles. The van der Waals surface area contributed by atoms with E-state index in [0.717, 1.165) is 82.1 Å². The zero-order valence-corrected chi connectivity index (χ0v) is 35.2. The number of piperidine rings is 3. The molecule has 1 aliphatic carbocycles. The van der Waals surface area contributed by atoms with Gasteiger partial charge in [-0.25, -0.2) is 22.3 Å². The zero-order valence-electron chi connectivity index (χ0n) is 31.2. The van der Waals surface area contributed by atoms with Crippen LogP contribution < -0.4 is 5.32 Å². The van der Waals surface area contributed by atoms with Crippen molar-refractivity contribution in [1.29, 1.82) is 0 Å². The van der Waals surface area contributed by atoms with Crippen molar-refractivity contribution in [3.8, 4) is 5.75 Å². The van der Waals surface area contributed by atoms with Gasteiger partial charge < -0.3 is 29.9 Å². The molecule has 2 N–H and O–H groups in total. The molecule has 1 atom stereocenters. The molecule has 7 rings (SSSR count). The number of sulfonamides is 1. The number of phenolic OH excluding ortho intramolecular Hbond substituents is 1. The summed E-state index contributed by atoms with van der Waals surface area (Å²) in [6.07, 6.45) is 8.35. The third-order valence-corrected chi connectivity index (χ3v) is 15.4. The molecule has 15 heteroatoms. The first kappa shape index (κ1) is 40.8. The van der Waals surface area contributed by atoms with E-state index in [9.17, 15) is 27.9 Å². The number of hydrogen-bond acceptors (Lipinski definition) is 7. The average Bonchev–Trinajstić information content (AvgIpc) is 4.06. The minimum atomic E-state index is -3.05. The molecule has 2 aromatic carbocycles. The van der Waals surface area contributed by atoms with Crippen molar-refractivity contribution in [3.05, 3.63) is 56.5 Å². The zero-order chi connectivity index (χ0) is 38.6. The monoisotopic (exact) mass is 893 g/mol. The van der Waals surface area contributed by atoms with Crippen molar-refractivity contribution >= 4 is 65.6 Å². The van der Waals surface area contributed by atoms with Crippen LogP contribution in [0.25, 0.3) is 0 Å². The molecular weight excluding hydrogens is 842 g/mol. The maximum absolute atomic E-state index is 13.0. The van der Waals surface area contributed by atoms with E-state index in [1.54, 1.807) is 9.21 Å². The highest BCUT2D eigenvalue weighted by molar-refractivity contribution is 9.11. The van der Waals surface area contributed by atoms with E-state index in [4.69, 9.17) is 4.74 Å². The van der Waals surface area contributed by atoms with Crippen LogP contribution in [0.15, 0.2) is 45.3 Å². The van der Waals surface area contributed by atoms with E-state index in [-0.39, 0.29) is 41.0 Å². The van der Waals surface area contributed by atoms with Gasteiger partial charge in [0.15, 0.2) is 0 Å². The third-order valence-electron chi connectivity index (χ3n) is 11.8. The van der Waals surface area contributed by atoms with Gasteiger partial charge in [0.25, 0.3) is 0 Å². The van der Waals surface area contributed by atoms with Crippen LogP contribution in [0.5, 0.6) is 5.75 Å². The Labute approximate surface area is 336 Å². The number of methoxy groups -OCH3 is 1. The molecule has 4 heterocycles. The number of para-hydroxylation sites is 1. The summed E-state index contributed by atoms with van der Waals surface area (Å²) < 4.78 is 32.6. The van der Waals surface area contributed by atoms with Crippen molar-refractivity contribution in [2.45, 2.75) is 82.4 Å². The van der Waals surface area contributed by atoms with Crippen LogP contribution in [0.2, 0.25) is 0 Å². The second kappa shape index (κ2) is 17.9. The molecule has 12 nitrogen and oxygen atoms in total. The van der Waals surface area contributed by atoms with Gasteiger partial charge in [-0.3, -0.25) is 4.79 Å². The number of halogens is 2. The lowest BCUT2D eigenvalue weighted by Crippen LogP contribution is -2.50. The molecule has 54 heavy (non-hydrogen) atoms. The van der Waals surface area contributed by atoms with Gasteiger partial charge in [-0.1, -0.05) is 25.1 Å². The van der Waals surface area contributed by atoms with Crippen molar-refractivity contribution in [2.24, 2.45) is 17.8 Å². The molecule has 5 aliphatic rings. The second-order valence-electron chi connectivity index (χ2n) is 15.4. The number of aromatic hydroxyl groups is 1. The van der Waals surface area contributed by atoms with Gasteiger partial charge in [-0.2, -0.15) is 0 Å². The van der Waals surface area contributed by atoms with Crippen molar-refractivity contribution in [3.63, 3.8) is 0 Å². The normalized spacial score (nSPS) is 21.3. The smallest absolute Gasteiger partial charge is 0.409 e. The minimum absolute atomic E-state index is 0.0403. The predicted molar refractivity (Wildman–Crippen MR) is 215 cm³/mol. The van der Waals surface area contributed by atoms with Crippen LogP contribution in [0.3, 0.4) is 0 Å². The number of amides is 4. The molecule has 4 fully saturated rings. The van der Waals surface area contributed by atoms with Crippen LogP contribution in [-0.2, 0) is 32.4 Å². The fraction of sp³-hybridized carbons (Fsp3) is 0.615. The Kier molecular flexibility index (Phi) is 13.5. The summed E-state index contributed by atoms with van der Waals surface area (Å²) >= 11 is 6.72. The molecule has 4 aliphatic heterocycles. The Bertz CT molecular complexity index is 1750. The number of hydrogen-bond donors (Lipinski definition) is 2. The largest absolute Gasteiger partial charge is 0.506 e. The molecule has 0 bridgehead atoms. The first-order valence-corrected chi connectivity index (χ1v) is 22.4. The third kappa shape index (κ3) is 9.73. The molecule has 0 radical (unpaired) electrons. The van der Waals surface area contributed by atoms with E-state index in [1.165, 1.54) is 12.7 Å². The van der Waals surface area contributed by atoms with Gasteiger partial charge in [0.1, 0.15) is 5.75 Å². The summed E-state index contributed by atoms with van der Waals surface area (Å²) in [5.41, 5.74) is 3.08. The summed E-state index contributed by atoms with van der Waals surface area (Å²) in [5, 5.41) is 12.8. The highest BCUT2D eigenvalue weighted by atomic mass is 79.9. The Balaban J connectivity index is 0.000000197. The minimum Gasteiger partial charge on any atom is -0.506 e. The summed E-state index contributed by atoms with van der Waals surface area (Å²) in [5.74, 6) is 1.40. The number of ether oxygens (including phenoxy) is 1. The molecule has 0 aromatic heterocycles. The first-order chi connectivity index (χ1) is 25.8. The van der Waals surface area contributed by atoms with Crippen LogP contribution in [-0.4, -0.2) is 115 Å². The highest BCUT2D eigenvalue weighted by Gasteiger charge is 2.42. The predicted octanol–water partition coefficient (Wildman–Crippen LogP) is 6.85. The van der Waals surface area contributed by atoms with Crippen LogP contribution in [0.4, 0.5) is 15.3 Å². The molecule has 0 spiro atoms. The fourth-order valence-corrected chi connectivity index (χ4v) is 11.6. The number of phenols is 1. The van der Waals surface area contributed by atoms with E-state index in [1.807, 2.05) is 47.1 Å². The average molecular weight is 896 g/mol. The van der Waals surface area contributed by atoms with Crippen molar-refractivity contribution < 1.29 is 32.6 Å². The van der Waals surface area contributed by atoms with Gasteiger partial charge in [0.05, 0.1) is 21.3 Å². The lowest BCUT2D eigenvalue weighted by molar-refractivity contribution is -0.136. The number of likely N-dealkylation sites (tertiary alicyclic amines) is 2. The number of fused-ring (bicyclic) bond motifs is 1. The van der Waals surface area contributed by atoms with E-state index in [2.05, 4.69) is 43.2 Å². The van der Waals surface area contributed by atoms with Gasteiger partial charge >= 0.3 is 12.1 Å². The molecule has 0 unspecified atom stereocenters. The quantitative estimate of drug-likeness (QED) is 0.310. The first-order valence-electron chi connectivity index (χ1n) is 19.3. The standard InChI is InChI=1S/C23H32Br2N2O4S.C16H21N3O3/c1-15(12-16-13-20(24)22(28)21(25)14-16)23(29)26-8-4-17(5-9-26)18-6-10-27(11-7-18)32(30,31)19-2-3-19;1-22-16(21)18-9-7-13(8-10-18)19-11-6-12-4-2-3-5-14(12)17-15(19)20/h13-15,17-19,28H,2-12H2,1H3;2-5,13H,6-11H2,1H3,(H,17,20)/t15-;/m1./s1. The second-order valence-corrected chi connectivity index (χ2v) is 19.3. The number of benzene rings is 2. The number of urea groups is 1. The Hall–Kier alpha value is -2.88. The summed E-state index contributed by atoms with van der Waals surface area (Å²) in [6.45, 7) is 6.86. The summed E-state index contributed by atoms with van der Waals surface area (Å²) in [6, 6.07) is 11.8. The number of carbonyl (C=O) groups is 3. The maximum Gasteiger partial charge on any atom is 0.409 e. The number of anilines is 1. The van der Waals surface area contributed by atoms with E-state index in [0.29, 0.717) is 59.9 Å². The number of carbonyl (C=O) groups excluding carboxylic acids is 3. The topological polar surface area (TPSA) is 140 Å². The highest BCUT2D eigenvalue weighted by Crippen LogP contribution is 2.38. The maximum atomic E-state index is 13.0. The number of rotatable bonds is 7. The van der Waals surface area contributed by atoms with Gasteiger partial charge in [-0.15, -0.1) is 0 Å². The lowest BCUT2D eigenvalue weighted by Gasteiger charge is -2.40. The summed E-state index contributed by atoms with van der Waals surface area (Å²) in [7, 11) is -1.65. The number of nitrogens with zero attached hydrogens (tertiary/aromatic N) is 4. The Morgan fingerprint density at radius 2 is 1.44 bits per heavy atom. The summed E-state index contributed by atoms with van der Waals surface area (Å²) in [4.78, 5) is 42.6. The van der Waals surface area contributed by atoms with Crippen LogP contribution in [0.1, 0.15) is 69.4 Å². The van der Waals surface area contributed by atoms with Crippen molar-refractivity contribution in [1.82, 2.24) is 19.0 Å². The Morgan fingerprint density at radius 3 is 2.04 bits per heavy atom.